The van der Waals surface area contributed by atoms with Crippen molar-refractivity contribution in [3.05, 3.63) is 72.3 Å². The number of benzene rings is 3. The van der Waals surface area contributed by atoms with Gasteiger partial charge in [0, 0.05) is 12.0 Å². The lowest BCUT2D eigenvalue weighted by Crippen LogP contribution is -2.41. The Balaban J connectivity index is 1.71. The van der Waals surface area contributed by atoms with Gasteiger partial charge in [-0.2, -0.15) is 0 Å². The standard InChI is InChI=1S/C21H21NO3S/c1-21(2)14-19(18-9-5-6-10-20(18)25-21)22-26(23,24)17-12-11-15-7-3-4-8-16(15)13-17/h3-13,19,22H,14H2,1-2H3/t19-/m0/s1. The van der Waals surface area contributed by atoms with Gasteiger partial charge in [-0.05, 0) is 42.8 Å². The van der Waals surface area contributed by atoms with Gasteiger partial charge in [0.1, 0.15) is 11.4 Å². The number of ether oxygens (including phenoxy) is 1. The van der Waals surface area contributed by atoms with Crippen LogP contribution in [0.15, 0.2) is 71.6 Å². The van der Waals surface area contributed by atoms with Gasteiger partial charge in [-0.3, -0.25) is 0 Å². The Kier molecular flexibility index (Phi) is 4.01. The Morgan fingerprint density at radius 3 is 2.46 bits per heavy atom. The third-order valence-electron chi connectivity index (χ3n) is 4.71. The minimum absolute atomic E-state index is 0.276. The zero-order valence-electron chi connectivity index (χ0n) is 14.8. The van der Waals surface area contributed by atoms with Crippen LogP contribution >= 0.6 is 0 Å². The SMILES string of the molecule is CC1(C)C[C@H](NS(=O)(=O)c2ccc3ccccc3c2)c2ccccc2O1. The van der Waals surface area contributed by atoms with Gasteiger partial charge in [0.25, 0.3) is 0 Å². The molecule has 0 spiro atoms. The summed E-state index contributed by atoms with van der Waals surface area (Å²) in [5, 5.41) is 1.92. The fourth-order valence-electron chi connectivity index (χ4n) is 3.50. The number of hydrogen-bond acceptors (Lipinski definition) is 3. The molecule has 3 aromatic rings. The Morgan fingerprint density at radius 1 is 0.962 bits per heavy atom. The molecule has 0 aliphatic carbocycles. The average Bonchev–Trinajstić information content (AvgIpc) is 2.60. The molecule has 0 unspecified atom stereocenters. The second-order valence-electron chi connectivity index (χ2n) is 7.29. The molecule has 4 rings (SSSR count). The zero-order valence-corrected chi connectivity index (χ0v) is 15.6. The van der Waals surface area contributed by atoms with Gasteiger partial charge < -0.3 is 4.74 Å². The van der Waals surface area contributed by atoms with Crippen LogP contribution in [0.2, 0.25) is 0 Å². The maximum atomic E-state index is 13.0. The molecule has 1 heterocycles. The minimum atomic E-state index is -3.65. The number of nitrogens with one attached hydrogen (secondary N) is 1. The number of para-hydroxylation sites is 1. The van der Waals surface area contributed by atoms with Crippen molar-refractivity contribution < 1.29 is 13.2 Å². The van der Waals surface area contributed by atoms with E-state index < -0.39 is 15.6 Å². The Hall–Kier alpha value is -2.37. The number of fused-ring (bicyclic) bond motifs is 2. The van der Waals surface area contributed by atoms with Crippen LogP contribution in [0.5, 0.6) is 5.75 Å². The van der Waals surface area contributed by atoms with Crippen molar-refractivity contribution >= 4 is 20.8 Å². The summed E-state index contributed by atoms with van der Waals surface area (Å²) in [6, 6.07) is 20.2. The lowest BCUT2D eigenvalue weighted by molar-refractivity contribution is 0.0702. The monoisotopic (exact) mass is 367 g/mol. The highest BCUT2D eigenvalue weighted by Gasteiger charge is 2.35. The number of hydrogen-bond donors (Lipinski definition) is 1. The third-order valence-corrected chi connectivity index (χ3v) is 6.17. The molecule has 0 radical (unpaired) electrons. The van der Waals surface area contributed by atoms with Gasteiger partial charge in [-0.1, -0.05) is 48.5 Å². The van der Waals surface area contributed by atoms with Crippen LogP contribution in [0, 0.1) is 0 Å². The molecule has 0 saturated heterocycles. The normalized spacial score (nSPS) is 18.9. The van der Waals surface area contributed by atoms with E-state index in [1.54, 1.807) is 12.1 Å². The van der Waals surface area contributed by atoms with Gasteiger partial charge in [0.05, 0.1) is 10.9 Å². The molecular weight excluding hydrogens is 346 g/mol. The Morgan fingerprint density at radius 2 is 1.65 bits per heavy atom. The second kappa shape index (κ2) is 6.11. The van der Waals surface area contributed by atoms with E-state index in [1.807, 2.05) is 68.4 Å². The van der Waals surface area contributed by atoms with Gasteiger partial charge in [0.15, 0.2) is 0 Å². The van der Waals surface area contributed by atoms with Crippen molar-refractivity contribution in [3.63, 3.8) is 0 Å². The molecule has 0 bridgehead atoms. The van der Waals surface area contributed by atoms with E-state index in [9.17, 15) is 8.42 Å². The van der Waals surface area contributed by atoms with Crippen LogP contribution in [0.1, 0.15) is 31.9 Å². The van der Waals surface area contributed by atoms with Crippen LogP contribution in [0.4, 0.5) is 0 Å². The fourth-order valence-corrected chi connectivity index (χ4v) is 4.75. The molecule has 0 fully saturated rings. The highest BCUT2D eigenvalue weighted by Crippen LogP contribution is 2.40. The quantitative estimate of drug-likeness (QED) is 0.745. The first-order valence-corrected chi connectivity index (χ1v) is 10.1. The third kappa shape index (κ3) is 3.20. The predicted molar refractivity (Wildman–Crippen MR) is 103 cm³/mol. The van der Waals surface area contributed by atoms with E-state index in [2.05, 4.69) is 4.72 Å². The van der Waals surface area contributed by atoms with Crippen molar-refractivity contribution in [1.82, 2.24) is 4.72 Å². The van der Waals surface area contributed by atoms with E-state index >= 15 is 0 Å². The van der Waals surface area contributed by atoms with Crippen LogP contribution in [0.25, 0.3) is 10.8 Å². The van der Waals surface area contributed by atoms with E-state index in [0.717, 1.165) is 22.1 Å². The van der Waals surface area contributed by atoms with E-state index in [-0.39, 0.29) is 10.9 Å². The summed E-state index contributed by atoms with van der Waals surface area (Å²) < 4.78 is 34.9. The number of rotatable bonds is 3. The Labute approximate surface area is 153 Å². The summed E-state index contributed by atoms with van der Waals surface area (Å²) in [5.74, 6) is 0.731. The van der Waals surface area contributed by atoms with Crippen LogP contribution in [-0.4, -0.2) is 14.0 Å². The largest absolute Gasteiger partial charge is 0.487 e. The summed E-state index contributed by atoms with van der Waals surface area (Å²) in [5.41, 5.74) is 0.432. The topological polar surface area (TPSA) is 55.4 Å². The Bertz CT molecular complexity index is 1070. The zero-order chi connectivity index (χ0) is 18.4. The first kappa shape index (κ1) is 17.1. The molecule has 3 aromatic carbocycles. The molecule has 134 valence electrons. The first-order valence-electron chi connectivity index (χ1n) is 8.63. The van der Waals surface area contributed by atoms with Crippen molar-refractivity contribution in [2.24, 2.45) is 0 Å². The molecule has 0 saturated carbocycles. The molecule has 4 nitrogen and oxygen atoms in total. The van der Waals surface area contributed by atoms with E-state index in [4.69, 9.17) is 4.74 Å². The smallest absolute Gasteiger partial charge is 0.241 e. The predicted octanol–water partition coefficient (Wildman–Crippen LogP) is 4.42. The van der Waals surface area contributed by atoms with E-state index in [1.165, 1.54) is 0 Å². The van der Waals surface area contributed by atoms with E-state index in [0.29, 0.717) is 6.42 Å². The van der Waals surface area contributed by atoms with Crippen LogP contribution < -0.4 is 9.46 Å². The first-order chi connectivity index (χ1) is 12.3. The molecule has 1 N–H and O–H groups in total. The molecule has 26 heavy (non-hydrogen) atoms. The summed E-state index contributed by atoms with van der Waals surface area (Å²) >= 11 is 0. The van der Waals surface area contributed by atoms with Gasteiger partial charge in [-0.25, -0.2) is 13.1 Å². The van der Waals surface area contributed by atoms with Crippen LogP contribution in [-0.2, 0) is 10.0 Å². The van der Waals surface area contributed by atoms with Crippen molar-refractivity contribution in [3.8, 4) is 5.75 Å². The summed E-state index contributed by atoms with van der Waals surface area (Å²) in [6.07, 6.45) is 0.566. The van der Waals surface area contributed by atoms with Gasteiger partial charge in [-0.15, -0.1) is 0 Å². The lowest BCUT2D eigenvalue weighted by Gasteiger charge is -2.37. The lowest BCUT2D eigenvalue weighted by atomic mass is 9.90. The maximum Gasteiger partial charge on any atom is 0.241 e. The van der Waals surface area contributed by atoms with Gasteiger partial charge >= 0.3 is 0 Å². The molecule has 1 aliphatic rings. The summed E-state index contributed by atoms with van der Waals surface area (Å²) in [6.45, 7) is 3.94. The molecule has 1 atom stereocenters. The minimum Gasteiger partial charge on any atom is -0.487 e. The van der Waals surface area contributed by atoms with Crippen molar-refractivity contribution in [2.45, 2.75) is 36.8 Å². The second-order valence-corrected chi connectivity index (χ2v) is 9.00. The van der Waals surface area contributed by atoms with Crippen molar-refractivity contribution in [1.29, 1.82) is 0 Å². The molecule has 5 heteroatoms. The van der Waals surface area contributed by atoms with Crippen molar-refractivity contribution in [2.75, 3.05) is 0 Å². The highest BCUT2D eigenvalue weighted by molar-refractivity contribution is 7.89. The van der Waals surface area contributed by atoms with Gasteiger partial charge in [0.2, 0.25) is 10.0 Å². The molecule has 1 aliphatic heterocycles. The molecular formula is C21H21NO3S. The van der Waals surface area contributed by atoms with Crippen LogP contribution in [0.3, 0.4) is 0 Å². The fraction of sp³-hybridized carbons (Fsp3) is 0.238. The summed E-state index contributed by atoms with van der Waals surface area (Å²) in [7, 11) is -3.65. The maximum absolute atomic E-state index is 13.0. The molecule has 0 aromatic heterocycles. The molecule has 0 amide bonds. The number of sulfonamides is 1. The average molecular weight is 367 g/mol. The highest BCUT2D eigenvalue weighted by atomic mass is 32.2. The summed E-state index contributed by atoms with van der Waals surface area (Å²) in [4.78, 5) is 0.276.